The average molecular weight is 262 g/mol. The molecule has 1 aromatic heterocycles. The van der Waals surface area contributed by atoms with E-state index < -0.39 is 17.4 Å². The summed E-state index contributed by atoms with van der Waals surface area (Å²) in [6.45, 7) is 2.53. The number of nitrogens with zero attached hydrogens (tertiary/aromatic N) is 3. The Labute approximate surface area is 101 Å². The van der Waals surface area contributed by atoms with E-state index in [0.717, 1.165) is 13.1 Å². The number of nitrogens with one attached hydrogen (secondary N) is 1. The van der Waals surface area contributed by atoms with Crippen molar-refractivity contribution in [3.8, 4) is 0 Å². The predicted octanol–water partition coefficient (Wildman–Crippen LogP) is 0.540. The van der Waals surface area contributed by atoms with Gasteiger partial charge in [0.25, 0.3) is 5.56 Å². The lowest BCUT2D eigenvalue weighted by Crippen LogP contribution is -2.45. The van der Waals surface area contributed by atoms with Crippen LogP contribution in [0.15, 0.2) is 10.9 Å². The zero-order valence-corrected chi connectivity index (χ0v) is 9.79. The van der Waals surface area contributed by atoms with Gasteiger partial charge in [-0.25, -0.2) is 4.98 Å². The molecule has 0 saturated carbocycles. The predicted molar refractivity (Wildman–Crippen MR) is 59.6 cm³/mol. The highest BCUT2D eigenvalue weighted by atomic mass is 19.4. The maximum Gasteiger partial charge on any atom is 0.433 e. The second-order valence-corrected chi connectivity index (χ2v) is 4.24. The van der Waals surface area contributed by atoms with E-state index in [1.54, 1.807) is 4.90 Å². The Morgan fingerprint density at radius 3 is 2.44 bits per heavy atom. The van der Waals surface area contributed by atoms with Gasteiger partial charge in [-0.1, -0.05) is 0 Å². The van der Waals surface area contributed by atoms with Crippen LogP contribution in [0, 0.1) is 0 Å². The molecular formula is C10H13F3N4O. The van der Waals surface area contributed by atoms with Crippen molar-refractivity contribution in [2.45, 2.75) is 6.18 Å². The first-order valence-corrected chi connectivity index (χ1v) is 5.48. The molecule has 18 heavy (non-hydrogen) atoms. The molecule has 0 radical (unpaired) electrons. The number of alkyl halides is 3. The molecule has 0 atom stereocenters. The van der Waals surface area contributed by atoms with E-state index in [1.165, 1.54) is 0 Å². The van der Waals surface area contributed by atoms with Crippen molar-refractivity contribution in [1.82, 2.24) is 14.9 Å². The van der Waals surface area contributed by atoms with E-state index >= 15 is 0 Å². The second kappa shape index (κ2) is 4.60. The zero-order valence-electron chi connectivity index (χ0n) is 9.79. The van der Waals surface area contributed by atoms with Gasteiger partial charge in [-0.3, -0.25) is 9.78 Å². The summed E-state index contributed by atoms with van der Waals surface area (Å²) in [5, 5.41) is 0. The van der Waals surface area contributed by atoms with Crippen molar-refractivity contribution < 1.29 is 13.2 Å². The molecule has 1 aliphatic rings. The molecule has 0 unspecified atom stereocenters. The summed E-state index contributed by atoms with van der Waals surface area (Å²) < 4.78 is 37.6. The maximum absolute atomic E-state index is 12.5. The summed E-state index contributed by atoms with van der Waals surface area (Å²) in [6, 6.07) is 0.472. The number of hydrogen-bond donors (Lipinski definition) is 1. The molecular weight excluding hydrogens is 249 g/mol. The van der Waals surface area contributed by atoms with Crippen LogP contribution in [0.2, 0.25) is 0 Å². The Hall–Kier alpha value is -1.57. The molecule has 100 valence electrons. The van der Waals surface area contributed by atoms with Gasteiger partial charge in [0.2, 0.25) is 5.95 Å². The van der Waals surface area contributed by atoms with E-state index in [-0.39, 0.29) is 5.95 Å². The van der Waals surface area contributed by atoms with Crippen molar-refractivity contribution >= 4 is 5.95 Å². The first kappa shape index (κ1) is 12.9. The largest absolute Gasteiger partial charge is 0.433 e. The first-order chi connectivity index (χ1) is 8.36. The van der Waals surface area contributed by atoms with Crippen molar-refractivity contribution in [2.24, 2.45) is 0 Å². The van der Waals surface area contributed by atoms with Gasteiger partial charge in [-0.05, 0) is 7.05 Å². The van der Waals surface area contributed by atoms with Crippen LogP contribution in [0.4, 0.5) is 19.1 Å². The Balaban J connectivity index is 2.28. The van der Waals surface area contributed by atoms with Crippen LogP contribution in [0.1, 0.15) is 5.69 Å². The quantitative estimate of drug-likeness (QED) is 0.802. The van der Waals surface area contributed by atoms with Crippen LogP contribution in [-0.4, -0.2) is 48.1 Å². The molecule has 0 spiro atoms. The van der Waals surface area contributed by atoms with Crippen LogP contribution in [0.5, 0.6) is 0 Å². The van der Waals surface area contributed by atoms with E-state index in [2.05, 4.69) is 14.9 Å². The molecule has 0 aliphatic carbocycles. The summed E-state index contributed by atoms with van der Waals surface area (Å²) >= 11 is 0. The molecule has 2 rings (SSSR count). The number of halogens is 3. The molecule has 1 fully saturated rings. The average Bonchev–Trinajstić information content (AvgIpc) is 2.28. The fourth-order valence-electron chi connectivity index (χ4n) is 1.76. The lowest BCUT2D eigenvalue weighted by atomic mass is 10.3. The van der Waals surface area contributed by atoms with E-state index in [1.807, 2.05) is 7.05 Å². The van der Waals surface area contributed by atoms with E-state index in [9.17, 15) is 18.0 Å². The molecule has 0 amide bonds. The topological polar surface area (TPSA) is 52.2 Å². The summed E-state index contributed by atoms with van der Waals surface area (Å²) in [4.78, 5) is 20.8. The maximum atomic E-state index is 12.5. The summed E-state index contributed by atoms with van der Waals surface area (Å²) in [6.07, 6.45) is -4.60. The van der Waals surface area contributed by atoms with Gasteiger partial charge in [0, 0.05) is 32.2 Å². The van der Waals surface area contributed by atoms with Crippen molar-refractivity contribution in [3.63, 3.8) is 0 Å². The second-order valence-electron chi connectivity index (χ2n) is 4.24. The third-order valence-corrected chi connectivity index (χ3v) is 2.82. The normalized spacial score (nSPS) is 18.1. The van der Waals surface area contributed by atoms with Gasteiger partial charge < -0.3 is 9.80 Å². The van der Waals surface area contributed by atoms with Crippen LogP contribution >= 0.6 is 0 Å². The minimum Gasteiger partial charge on any atom is -0.340 e. The van der Waals surface area contributed by atoms with Gasteiger partial charge in [0.15, 0.2) is 5.69 Å². The number of hydrogen-bond acceptors (Lipinski definition) is 4. The van der Waals surface area contributed by atoms with Gasteiger partial charge in [0.1, 0.15) is 0 Å². The molecule has 8 heteroatoms. The monoisotopic (exact) mass is 262 g/mol. The number of H-pyrrole nitrogens is 1. The van der Waals surface area contributed by atoms with Gasteiger partial charge >= 0.3 is 6.18 Å². The highest BCUT2D eigenvalue weighted by Gasteiger charge is 2.34. The standard InChI is InChI=1S/C10H13F3N4O/c1-16-2-4-17(5-3-16)9-14-7(10(11,12)13)6-8(18)15-9/h6H,2-5H2,1H3,(H,14,15,18). The molecule has 1 N–H and O–H groups in total. The van der Waals surface area contributed by atoms with Crippen molar-refractivity contribution in [3.05, 3.63) is 22.1 Å². The number of rotatable bonds is 1. The third kappa shape index (κ3) is 2.81. The highest BCUT2D eigenvalue weighted by Crippen LogP contribution is 2.27. The summed E-state index contributed by atoms with van der Waals surface area (Å²) in [5.74, 6) is -0.0112. The molecule has 5 nitrogen and oxygen atoms in total. The Kier molecular flexibility index (Phi) is 3.29. The highest BCUT2D eigenvalue weighted by molar-refractivity contribution is 5.31. The Bertz CT molecular complexity index is 477. The molecule has 0 bridgehead atoms. The Morgan fingerprint density at radius 2 is 1.89 bits per heavy atom. The fourth-order valence-corrected chi connectivity index (χ4v) is 1.76. The van der Waals surface area contributed by atoms with Crippen molar-refractivity contribution in [1.29, 1.82) is 0 Å². The smallest absolute Gasteiger partial charge is 0.340 e. The SMILES string of the molecule is CN1CCN(c2nc(C(F)(F)F)cc(=O)[nH]2)CC1. The van der Waals surface area contributed by atoms with Gasteiger partial charge in [-0.15, -0.1) is 0 Å². The van der Waals surface area contributed by atoms with Crippen molar-refractivity contribution in [2.75, 3.05) is 38.1 Å². The zero-order chi connectivity index (χ0) is 13.3. The third-order valence-electron chi connectivity index (χ3n) is 2.82. The minimum absolute atomic E-state index is 0.0112. The van der Waals surface area contributed by atoms with Crippen LogP contribution in [0.3, 0.4) is 0 Å². The lowest BCUT2D eigenvalue weighted by Gasteiger charge is -2.32. The van der Waals surface area contributed by atoms with Gasteiger partial charge in [-0.2, -0.15) is 13.2 Å². The van der Waals surface area contributed by atoms with Gasteiger partial charge in [0.05, 0.1) is 0 Å². The number of anilines is 1. The number of likely N-dealkylation sites (N-methyl/N-ethyl adjacent to an activating group) is 1. The van der Waals surface area contributed by atoms with E-state index in [0.29, 0.717) is 19.2 Å². The molecule has 2 heterocycles. The van der Waals surface area contributed by atoms with Crippen LogP contribution in [-0.2, 0) is 6.18 Å². The van der Waals surface area contributed by atoms with E-state index in [4.69, 9.17) is 0 Å². The number of piperazine rings is 1. The minimum atomic E-state index is -4.60. The van der Waals surface area contributed by atoms with Crippen LogP contribution in [0.25, 0.3) is 0 Å². The lowest BCUT2D eigenvalue weighted by molar-refractivity contribution is -0.141. The summed E-state index contributed by atoms with van der Waals surface area (Å²) in [5.41, 5.74) is -1.94. The first-order valence-electron chi connectivity index (χ1n) is 5.48. The molecule has 0 aromatic carbocycles. The number of aromatic nitrogens is 2. The number of aromatic amines is 1. The van der Waals surface area contributed by atoms with Crippen LogP contribution < -0.4 is 10.5 Å². The Morgan fingerprint density at radius 1 is 1.28 bits per heavy atom. The molecule has 1 saturated heterocycles. The summed E-state index contributed by atoms with van der Waals surface area (Å²) in [7, 11) is 1.93. The fraction of sp³-hybridized carbons (Fsp3) is 0.600. The molecule has 1 aliphatic heterocycles. The molecule has 1 aromatic rings.